The topological polar surface area (TPSA) is 93.1 Å². The first-order valence-electron chi connectivity index (χ1n) is 20.7. The largest absolute Gasteiger partial charge is 0.462 e. The molecular weight excluding hydrogens is 612 g/mol. The van der Waals surface area contributed by atoms with Gasteiger partial charge in [0.1, 0.15) is 6.61 Å². The second-order valence-corrected chi connectivity index (χ2v) is 13.9. The second kappa shape index (κ2) is 38.9. The lowest BCUT2D eigenvalue weighted by Crippen LogP contribution is -2.28. The lowest BCUT2D eigenvalue weighted by molar-refractivity contribution is -0.161. The van der Waals surface area contributed by atoms with Crippen LogP contribution in [0.5, 0.6) is 0 Å². The van der Waals surface area contributed by atoms with Crippen LogP contribution in [0.1, 0.15) is 200 Å². The lowest BCUT2D eigenvalue weighted by Gasteiger charge is -2.16. The monoisotopic (exact) mass is 691 g/mol. The molecule has 0 aliphatic rings. The summed E-state index contributed by atoms with van der Waals surface area (Å²) in [5.41, 5.74) is 0. The first kappa shape index (κ1) is 47.1. The van der Waals surface area contributed by atoms with E-state index in [2.05, 4.69) is 32.1 Å². The Morgan fingerprint density at radius 2 is 1.06 bits per heavy atom. The van der Waals surface area contributed by atoms with Gasteiger partial charge in [-0.1, -0.05) is 185 Å². The molecule has 0 radical (unpaired) electrons. The molecule has 1 unspecified atom stereocenters. The van der Waals surface area contributed by atoms with Crippen LogP contribution in [0.4, 0.5) is 0 Å². The molecule has 0 aromatic rings. The van der Waals surface area contributed by atoms with Crippen molar-refractivity contribution in [1.82, 2.24) is 0 Å². The van der Waals surface area contributed by atoms with E-state index in [0.29, 0.717) is 19.3 Å². The Morgan fingerprint density at radius 1 is 0.571 bits per heavy atom. The van der Waals surface area contributed by atoms with Crippen molar-refractivity contribution in [3.63, 3.8) is 0 Å². The smallest absolute Gasteiger partial charge is 0.306 e. The molecule has 6 nitrogen and oxygen atoms in total. The third kappa shape index (κ3) is 37.2. The molecule has 6 heteroatoms. The molecule has 0 aromatic carbocycles. The number of hydrogen-bond donors (Lipinski definition) is 2. The molecule has 0 heterocycles. The fourth-order valence-electron chi connectivity index (χ4n) is 5.86. The van der Waals surface area contributed by atoms with Crippen LogP contribution in [0.15, 0.2) is 36.5 Å². The van der Waals surface area contributed by atoms with Gasteiger partial charge in [0.2, 0.25) is 0 Å². The molecule has 0 bridgehead atoms. The number of esters is 2. The maximum atomic E-state index is 12.2. The summed E-state index contributed by atoms with van der Waals surface area (Å²) in [5.74, 6) is -0.782. The number of rotatable bonds is 37. The molecule has 0 aliphatic heterocycles. The number of allylic oxidation sites excluding steroid dienone is 5. The van der Waals surface area contributed by atoms with E-state index in [-0.39, 0.29) is 25.6 Å². The molecule has 0 saturated heterocycles. The number of unbranched alkanes of at least 4 members (excludes halogenated alkanes) is 22. The van der Waals surface area contributed by atoms with Crippen molar-refractivity contribution in [1.29, 1.82) is 0 Å². The Balaban J connectivity index is 3.70. The zero-order valence-corrected chi connectivity index (χ0v) is 32.1. The highest BCUT2D eigenvalue weighted by atomic mass is 16.6. The van der Waals surface area contributed by atoms with E-state index in [4.69, 9.17) is 9.47 Å². The van der Waals surface area contributed by atoms with Crippen molar-refractivity contribution in [2.75, 3.05) is 13.2 Å². The van der Waals surface area contributed by atoms with Gasteiger partial charge >= 0.3 is 11.9 Å². The summed E-state index contributed by atoms with van der Waals surface area (Å²) in [6.07, 6.45) is 43.8. The van der Waals surface area contributed by atoms with Gasteiger partial charge in [0.25, 0.3) is 0 Å². The zero-order chi connectivity index (χ0) is 35.9. The average Bonchev–Trinajstić information content (AvgIpc) is 3.10. The summed E-state index contributed by atoms with van der Waals surface area (Å²) < 4.78 is 10.5. The van der Waals surface area contributed by atoms with Gasteiger partial charge in [-0.05, 0) is 38.5 Å². The molecule has 2 N–H and O–H groups in total. The van der Waals surface area contributed by atoms with Crippen LogP contribution in [-0.4, -0.2) is 47.6 Å². The fourth-order valence-corrected chi connectivity index (χ4v) is 5.86. The Morgan fingerprint density at radius 3 is 1.59 bits per heavy atom. The van der Waals surface area contributed by atoms with E-state index in [0.717, 1.165) is 32.1 Å². The minimum Gasteiger partial charge on any atom is -0.462 e. The first-order valence-corrected chi connectivity index (χ1v) is 20.7. The molecule has 0 amide bonds. The van der Waals surface area contributed by atoms with E-state index >= 15 is 0 Å². The highest BCUT2D eigenvalue weighted by Crippen LogP contribution is 2.15. The molecule has 0 spiro atoms. The second-order valence-electron chi connectivity index (χ2n) is 13.9. The van der Waals surface area contributed by atoms with Gasteiger partial charge in [0.05, 0.1) is 12.7 Å². The standard InChI is InChI=1S/C43H78O6/c1-3-5-7-9-11-13-15-17-18-19-20-22-24-26-28-30-32-36-43(47)49-41(38-44)39-48-42(46)37-33-35-40(45)34-31-29-27-25-23-21-16-14-12-10-8-6-4-2/h21,23,27,29,31,34,40-41,44-45H,3-20,22,24-26,28,30,32-33,35-39H2,1-2H3/b23-21+,29-27+,34-31+/t40?,41-/m0/s1. The summed E-state index contributed by atoms with van der Waals surface area (Å²) in [6.45, 7) is 3.98. The van der Waals surface area contributed by atoms with E-state index in [1.54, 1.807) is 6.08 Å². The quantitative estimate of drug-likeness (QED) is 0.0292. The van der Waals surface area contributed by atoms with Crippen LogP contribution in [0, 0.1) is 0 Å². The predicted octanol–water partition coefficient (Wildman–Crippen LogP) is 11.8. The van der Waals surface area contributed by atoms with Crippen LogP contribution in [-0.2, 0) is 19.1 Å². The third-order valence-corrected chi connectivity index (χ3v) is 9.04. The number of hydrogen-bond acceptors (Lipinski definition) is 6. The number of aliphatic hydroxyl groups is 2. The van der Waals surface area contributed by atoms with Crippen molar-refractivity contribution >= 4 is 11.9 Å². The average molecular weight is 691 g/mol. The van der Waals surface area contributed by atoms with Crippen molar-refractivity contribution in [3.05, 3.63) is 36.5 Å². The summed E-state index contributed by atoms with van der Waals surface area (Å²) >= 11 is 0. The van der Waals surface area contributed by atoms with Gasteiger partial charge in [-0.15, -0.1) is 0 Å². The third-order valence-electron chi connectivity index (χ3n) is 9.04. The predicted molar refractivity (Wildman–Crippen MR) is 207 cm³/mol. The van der Waals surface area contributed by atoms with Crippen molar-refractivity contribution in [2.24, 2.45) is 0 Å². The normalized spacial score (nSPS) is 13.1. The molecular formula is C43H78O6. The Kier molecular flexibility index (Phi) is 37.4. The number of ether oxygens (including phenoxy) is 2. The molecule has 286 valence electrons. The first-order chi connectivity index (χ1) is 24.0. The van der Waals surface area contributed by atoms with Crippen molar-refractivity contribution < 1.29 is 29.3 Å². The molecule has 0 aromatic heterocycles. The summed E-state index contributed by atoms with van der Waals surface area (Å²) in [5, 5.41) is 19.7. The van der Waals surface area contributed by atoms with Gasteiger partial charge in [-0.3, -0.25) is 9.59 Å². The molecule has 0 aliphatic carbocycles. The highest BCUT2D eigenvalue weighted by molar-refractivity contribution is 5.70. The molecule has 0 rings (SSSR count). The summed E-state index contributed by atoms with van der Waals surface area (Å²) in [4.78, 5) is 24.3. The van der Waals surface area contributed by atoms with Gasteiger partial charge in [-0.2, -0.15) is 0 Å². The summed E-state index contributed by atoms with van der Waals surface area (Å²) in [7, 11) is 0. The van der Waals surface area contributed by atoms with Gasteiger partial charge in [-0.25, -0.2) is 0 Å². The molecule has 49 heavy (non-hydrogen) atoms. The highest BCUT2D eigenvalue weighted by Gasteiger charge is 2.16. The van der Waals surface area contributed by atoms with Crippen LogP contribution < -0.4 is 0 Å². The summed E-state index contributed by atoms with van der Waals surface area (Å²) in [6, 6.07) is 0. The van der Waals surface area contributed by atoms with Crippen LogP contribution >= 0.6 is 0 Å². The SMILES string of the molecule is CCCCCCCC/C=C/C/C=C/C=C/C(O)CCCC(=O)OC[C@H](CO)OC(=O)CCCCCCCCCCCCCCCCCCC. The van der Waals surface area contributed by atoms with E-state index in [1.165, 1.54) is 128 Å². The number of carbonyl (C=O) groups is 2. The molecule has 0 saturated carbocycles. The minimum absolute atomic E-state index is 0.152. The van der Waals surface area contributed by atoms with Crippen molar-refractivity contribution in [2.45, 2.75) is 212 Å². The maximum Gasteiger partial charge on any atom is 0.306 e. The lowest BCUT2D eigenvalue weighted by atomic mass is 10.0. The number of aliphatic hydroxyl groups excluding tert-OH is 2. The van der Waals surface area contributed by atoms with Crippen LogP contribution in [0.25, 0.3) is 0 Å². The van der Waals surface area contributed by atoms with E-state index < -0.39 is 18.2 Å². The maximum absolute atomic E-state index is 12.2. The number of carbonyl (C=O) groups excluding carboxylic acids is 2. The molecule has 0 fully saturated rings. The Labute approximate surface area is 302 Å². The Bertz CT molecular complexity index is 804. The van der Waals surface area contributed by atoms with Gasteiger partial charge in [0.15, 0.2) is 6.10 Å². The van der Waals surface area contributed by atoms with E-state index in [1.807, 2.05) is 12.2 Å². The van der Waals surface area contributed by atoms with Gasteiger partial charge < -0.3 is 19.7 Å². The Hall–Kier alpha value is -1.92. The van der Waals surface area contributed by atoms with Gasteiger partial charge in [0, 0.05) is 12.8 Å². The van der Waals surface area contributed by atoms with Crippen LogP contribution in [0.2, 0.25) is 0 Å². The zero-order valence-electron chi connectivity index (χ0n) is 32.1. The van der Waals surface area contributed by atoms with Crippen molar-refractivity contribution in [3.8, 4) is 0 Å². The van der Waals surface area contributed by atoms with Crippen LogP contribution in [0.3, 0.4) is 0 Å². The molecule has 2 atom stereocenters. The minimum atomic E-state index is -0.840. The fraction of sp³-hybridized carbons (Fsp3) is 0.814. The van der Waals surface area contributed by atoms with E-state index in [9.17, 15) is 19.8 Å².